The maximum Gasteiger partial charge on any atom is 0.326 e. The molecule has 0 fully saturated rings. The fraction of sp³-hybridized carbons (Fsp3) is 0.462. The fourth-order valence-corrected chi connectivity index (χ4v) is 2.02. The Morgan fingerprint density at radius 3 is 2.76 bits per heavy atom. The number of thioether (sulfide) groups is 1. The summed E-state index contributed by atoms with van der Waals surface area (Å²) in [5, 5.41) is 13.9. The number of carbonyl (C=O) groups excluding carboxylic acids is 2. The van der Waals surface area contributed by atoms with Gasteiger partial charge in [0.05, 0.1) is 6.26 Å². The maximum absolute atomic E-state index is 11.6. The van der Waals surface area contributed by atoms with Crippen LogP contribution in [0.4, 0.5) is 0 Å². The van der Waals surface area contributed by atoms with Gasteiger partial charge in [0.25, 0.3) is 5.91 Å². The van der Waals surface area contributed by atoms with Crippen molar-refractivity contribution in [3.8, 4) is 0 Å². The lowest BCUT2D eigenvalue weighted by atomic mass is 10.2. The number of carbonyl (C=O) groups is 3. The Morgan fingerprint density at radius 1 is 1.43 bits per heavy atom. The van der Waals surface area contributed by atoms with Gasteiger partial charge in [-0.25, -0.2) is 4.79 Å². The summed E-state index contributed by atoms with van der Waals surface area (Å²) in [5.41, 5.74) is 0. The van der Waals surface area contributed by atoms with Crippen LogP contribution in [0.5, 0.6) is 0 Å². The molecule has 0 aliphatic rings. The topological polar surface area (TPSA) is 109 Å². The van der Waals surface area contributed by atoms with Crippen molar-refractivity contribution in [2.45, 2.75) is 18.9 Å². The lowest BCUT2D eigenvalue weighted by Crippen LogP contribution is -2.42. The van der Waals surface area contributed by atoms with Crippen LogP contribution in [0.1, 0.15) is 23.4 Å². The largest absolute Gasteiger partial charge is 0.480 e. The molecule has 0 radical (unpaired) electrons. The predicted molar refractivity (Wildman–Crippen MR) is 78.2 cm³/mol. The molecule has 0 aromatic carbocycles. The molecule has 0 saturated heterocycles. The molecule has 1 aromatic heterocycles. The molecule has 0 bridgehead atoms. The molecule has 0 aliphatic heterocycles. The number of nitrogens with one attached hydrogen (secondary N) is 2. The summed E-state index contributed by atoms with van der Waals surface area (Å²) < 4.78 is 4.90. The molecule has 8 heteroatoms. The monoisotopic (exact) mass is 314 g/mol. The van der Waals surface area contributed by atoms with E-state index < -0.39 is 23.8 Å². The van der Waals surface area contributed by atoms with Crippen LogP contribution in [-0.4, -0.2) is 47.5 Å². The van der Waals surface area contributed by atoms with E-state index in [1.165, 1.54) is 24.1 Å². The maximum atomic E-state index is 11.6. The average Bonchev–Trinajstić information content (AvgIpc) is 2.97. The molecular weight excluding hydrogens is 296 g/mol. The molecule has 21 heavy (non-hydrogen) atoms. The van der Waals surface area contributed by atoms with Gasteiger partial charge in [0, 0.05) is 13.0 Å². The first-order valence-electron chi connectivity index (χ1n) is 6.37. The van der Waals surface area contributed by atoms with Crippen LogP contribution >= 0.6 is 11.8 Å². The Hall–Kier alpha value is -1.96. The minimum Gasteiger partial charge on any atom is -0.480 e. The van der Waals surface area contributed by atoms with Gasteiger partial charge in [-0.3, -0.25) is 9.59 Å². The van der Waals surface area contributed by atoms with Crippen molar-refractivity contribution in [1.82, 2.24) is 10.6 Å². The number of rotatable bonds is 9. The van der Waals surface area contributed by atoms with Crippen LogP contribution in [-0.2, 0) is 9.59 Å². The predicted octanol–water partition coefficient (Wildman–Crippen LogP) is 0.722. The van der Waals surface area contributed by atoms with Gasteiger partial charge in [0.15, 0.2) is 5.76 Å². The number of hydrogen-bond donors (Lipinski definition) is 3. The number of furan rings is 1. The molecule has 2 amide bonds. The second kappa shape index (κ2) is 9.06. The van der Waals surface area contributed by atoms with Crippen molar-refractivity contribution in [1.29, 1.82) is 0 Å². The fourth-order valence-electron chi connectivity index (χ4n) is 1.54. The van der Waals surface area contributed by atoms with Gasteiger partial charge in [0.2, 0.25) is 5.91 Å². The summed E-state index contributed by atoms with van der Waals surface area (Å²) in [6.07, 6.45) is 3.62. The highest BCUT2D eigenvalue weighted by molar-refractivity contribution is 7.98. The van der Waals surface area contributed by atoms with Crippen LogP contribution in [0.2, 0.25) is 0 Å². The Labute approximate surface area is 126 Å². The van der Waals surface area contributed by atoms with Crippen molar-refractivity contribution in [2.24, 2.45) is 0 Å². The molecule has 0 spiro atoms. The number of amides is 2. The lowest BCUT2D eigenvalue weighted by Gasteiger charge is -2.13. The zero-order chi connectivity index (χ0) is 15.7. The van der Waals surface area contributed by atoms with Crippen molar-refractivity contribution < 1.29 is 23.9 Å². The molecule has 0 saturated carbocycles. The molecule has 1 atom stereocenters. The lowest BCUT2D eigenvalue weighted by molar-refractivity contribution is -0.141. The van der Waals surface area contributed by atoms with Crippen molar-refractivity contribution >= 4 is 29.5 Å². The van der Waals surface area contributed by atoms with Gasteiger partial charge in [-0.1, -0.05) is 0 Å². The van der Waals surface area contributed by atoms with E-state index in [2.05, 4.69) is 10.6 Å². The van der Waals surface area contributed by atoms with Gasteiger partial charge < -0.3 is 20.2 Å². The zero-order valence-electron chi connectivity index (χ0n) is 11.6. The van der Waals surface area contributed by atoms with Crippen LogP contribution < -0.4 is 10.6 Å². The van der Waals surface area contributed by atoms with Crippen LogP contribution in [0, 0.1) is 0 Å². The van der Waals surface area contributed by atoms with Crippen molar-refractivity contribution in [2.75, 3.05) is 18.6 Å². The van der Waals surface area contributed by atoms with Crippen LogP contribution in [0.3, 0.4) is 0 Å². The van der Waals surface area contributed by atoms with Crippen LogP contribution in [0.25, 0.3) is 0 Å². The van der Waals surface area contributed by atoms with E-state index in [4.69, 9.17) is 9.52 Å². The van der Waals surface area contributed by atoms with E-state index in [0.717, 1.165) is 0 Å². The molecular formula is C13H18N2O5S. The Kier molecular flexibility index (Phi) is 7.38. The molecule has 0 aliphatic carbocycles. The summed E-state index contributed by atoms with van der Waals surface area (Å²) >= 11 is 1.51. The van der Waals surface area contributed by atoms with E-state index >= 15 is 0 Å². The number of hydrogen-bond acceptors (Lipinski definition) is 5. The SMILES string of the molecule is CSCC[C@H](NC(=O)CCNC(=O)c1ccco1)C(=O)O. The highest BCUT2D eigenvalue weighted by atomic mass is 32.2. The molecule has 3 N–H and O–H groups in total. The quantitative estimate of drug-likeness (QED) is 0.620. The van der Waals surface area contributed by atoms with Gasteiger partial charge >= 0.3 is 5.97 Å². The van der Waals surface area contributed by atoms with E-state index in [1.807, 2.05) is 6.26 Å². The molecule has 7 nitrogen and oxygen atoms in total. The van der Waals surface area contributed by atoms with E-state index in [1.54, 1.807) is 6.07 Å². The molecule has 1 aromatic rings. The van der Waals surface area contributed by atoms with Crippen molar-refractivity contribution in [3.05, 3.63) is 24.2 Å². The first kappa shape index (κ1) is 17.1. The van der Waals surface area contributed by atoms with E-state index in [-0.39, 0.29) is 18.7 Å². The third kappa shape index (κ3) is 6.35. The Balaban J connectivity index is 2.29. The van der Waals surface area contributed by atoms with Gasteiger partial charge in [0.1, 0.15) is 6.04 Å². The third-order valence-corrected chi connectivity index (χ3v) is 3.27. The average molecular weight is 314 g/mol. The van der Waals surface area contributed by atoms with Gasteiger partial charge in [-0.05, 0) is 30.6 Å². The highest BCUT2D eigenvalue weighted by Gasteiger charge is 2.19. The summed E-state index contributed by atoms with van der Waals surface area (Å²) in [6, 6.07) is 2.20. The van der Waals surface area contributed by atoms with Crippen molar-refractivity contribution in [3.63, 3.8) is 0 Å². The second-order valence-corrected chi connectivity index (χ2v) is 5.21. The van der Waals surface area contributed by atoms with Gasteiger partial charge in [-0.2, -0.15) is 11.8 Å². The normalized spacial score (nSPS) is 11.7. The summed E-state index contributed by atoms with van der Waals surface area (Å²) in [5.74, 6) is -1.07. The summed E-state index contributed by atoms with van der Waals surface area (Å²) in [6.45, 7) is 0.111. The number of carboxylic acids is 1. The first-order valence-corrected chi connectivity index (χ1v) is 7.76. The highest BCUT2D eigenvalue weighted by Crippen LogP contribution is 2.02. The molecule has 0 unspecified atom stereocenters. The van der Waals surface area contributed by atoms with E-state index in [9.17, 15) is 14.4 Å². The molecule has 1 rings (SSSR count). The minimum absolute atomic E-state index is 0.00942. The molecule has 116 valence electrons. The minimum atomic E-state index is -1.06. The summed E-state index contributed by atoms with van der Waals surface area (Å²) in [7, 11) is 0. The smallest absolute Gasteiger partial charge is 0.326 e. The third-order valence-electron chi connectivity index (χ3n) is 2.63. The number of aliphatic carboxylic acids is 1. The standard InChI is InChI=1S/C13H18N2O5S/c1-21-8-5-9(13(18)19)15-11(16)4-6-14-12(17)10-3-2-7-20-10/h2-3,7,9H,4-6,8H2,1H3,(H,14,17)(H,15,16)(H,18,19)/t9-/m0/s1. The van der Waals surface area contributed by atoms with Crippen LogP contribution in [0.15, 0.2) is 22.8 Å². The zero-order valence-corrected chi connectivity index (χ0v) is 12.4. The summed E-state index contributed by atoms with van der Waals surface area (Å²) in [4.78, 5) is 34.1. The molecule has 1 heterocycles. The first-order chi connectivity index (χ1) is 10.0. The van der Waals surface area contributed by atoms with E-state index in [0.29, 0.717) is 12.2 Å². The number of carboxylic acid groups (broad SMARTS) is 1. The Bertz CT molecular complexity index is 475. The second-order valence-electron chi connectivity index (χ2n) is 4.22. The van der Waals surface area contributed by atoms with Gasteiger partial charge in [-0.15, -0.1) is 0 Å². The Morgan fingerprint density at radius 2 is 2.19 bits per heavy atom.